The average molecular weight is 404 g/mol. The van der Waals surface area contributed by atoms with Crippen LogP contribution in [-0.4, -0.2) is 21.6 Å². The number of aromatic nitrogens is 2. The molecule has 0 saturated carbocycles. The maximum absolute atomic E-state index is 13.4. The van der Waals surface area contributed by atoms with E-state index in [2.05, 4.69) is 5.10 Å². The topological polar surface area (TPSA) is 78.0 Å². The number of hydrogen-bond donors (Lipinski definition) is 1. The lowest BCUT2D eigenvalue weighted by molar-refractivity contribution is 0.1000. The van der Waals surface area contributed by atoms with Gasteiger partial charge in [-0.25, -0.2) is 0 Å². The molecule has 1 amide bonds. The van der Waals surface area contributed by atoms with Crippen LogP contribution in [0, 0.1) is 0 Å². The monoisotopic (exact) mass is 403 g/mol. The van der Waals surface area contributed by atoms with Crippen molar-refractivity contribution in [3.63, 3.8) is 0 Å². The number of nitrogens with two attached hydrogens (primary N) is 1. The van der Waals surface area contributed by atoms with E-state index in [-0.39, 0.29) is 11.1 Å². The van der Waals surface area contributed by atoms with Gasteiger partial charge in [0, 0.05) is 16.8 Å². The summed E-state index contributed by atoms with van der Waals surface area (Å²) in [6.45, 7) is 0. The van der Waals surface area contributed by atoms with Gasteiger partial charge in [0.25, 0.3) is 11.5 Å². The molecule has 3 aromatic carbocycles. The summed E-state index contributed by atoms with van der Waals surface area (Å²) in [7, 11) is 0. The van der Waals surface area contributed by atoms with Crippen molar-refractivity contribution in [1.29, 1.82) is 0 Å². The van der Waals surface area contributed by atoms with E-state index in [9.17, 15) is 9.59 Å². The predicted octanol–water partition coefficient (Wildman–Crippen LogP) is 3.93. The highest BCUT2D eigenvalue weighted by Crippen LogP contribution is 2.27. The number of hydrogen-bond acceptors (Lipinski definition) is 3. The number of fused-ring (bicyclic) bond motifs is 1. The van der Waals surface area contributed by atoms with Crippen LogP contribution in [0.4, 0.5) is 0 Å². The third-order valence-corrected chi connectivity index (χ3v) is 5.00. The first-order chi connectivity index (χ1) is 14.1. The van der Waals surface area contributed by atoms with Crippen LogP contribution in [0.3, 0.4) is 0 Å². The Morgan fingerprint density at radius 1 is 0.931 bits per heavy atom. The zero-order valence-electron chi connectivity index (χ0n) is 15.5. The lowest BCUT2D eigenvalue weighted by Crippen LogP contribution is -2.27. The quantitative estimate of drug-likeness (QED) is 0.513. The van der Waals surface area contributed by atoms with Gasteiger partial charge >= 0.3 is 0 Å². The molecular formula is C23H18ClN3O2. The van der Waals surface area contributed by atoms with Gasteiger partial charge in [-0.1, -0.05) is 60.7 Å². The van der Waals surface area contributed by atoms with Crippen LogP contribution in [0.2, 0.25) is 0 Å². The summed E-state index contributed by atoms with van der Waals surface area (Å²) >= 11 is 5.97. The maximum atomic E-state index is 13.4. The summed E-state index contributed by atoms with van der Waals surface area (Å²) in [4.78, 5) is 25.5. The van der Waals surface area contributed by atoms with Gasteiger partial charge in [-0.2, -0.15) is 9.78 Å². The van der Waals surface area contributed by atoms with Gasteiger partial charge in [-0.3, -0.25) is 9.59 Å². The van der Waals surface area contributed by atoms with Crippen molar-refractivity contribution >= 4 is 28.3 Å². The largest absolute Gasteiger partial charge is 0.366 e. The fourth-order valence-corrected chi connectivity index (χ4v) is 3.70. The summed E-state index contributed by atoms with van der Waals surface area (Å²) in [5, 5.41) is 5.94. The highest BCUT2D eigenvalue weighted by Gasteiger charge is 2.19. The smallest absolute Gasteiger partial charge is 0.279 e. The number of para-hydroxylation sites is 1. The Bertz CT molecular complexity index is 1270. The van der Waals surface area contributed by atoms with Crippen molar-refractivity contribution in [1.82, 2.24) is 9.78 Å². The molecule has 0 bridgehead atoms. The molecule has 0 unspecified atom stereocenters. The standard InChI is InChI=1S/C23H18ClN3O2/c24-14-13-16-9-6-12-19(22(25)28)21(16)27-23(29)18-11-5-4-10-17(18)20(26-27)15-7-2-1-3-8-15/h1-12H,13-14H2,(H2,25,28). The van der Waals surface area contributed by atoms with Crippen molar-refractivity contribution in [3.8, 4) is 16.9 Å². The minimum atomic E-state index is -0.625. The van der Waals surface area contributed by atoms with E-state index >= 15 is 0 Å². The van der Waals surface area contributed by atoms with Crippen LogP contribution in [0.1, 0.15) is 15.9 Å². The number of benzene rings is 3. The molecule has 0 aliphatic heterocycles. The third kappa shape index (κ3) is 3.41. The lowest BCUT2D eigenvalue weighted by Gasteiger charge is -2.16. The molecule has 5 nitrogen and oxygen atoms in total. The molecule has 0 saturated heterocycles. The van der Waals surface area contributed by atoms with E-state index in [1.165, 1.54) is 4.68 Å². The van der Waals surface area contributed by atoms with Crippen LogP contribution in [0.5, 0.6) is 0 Å². The number of alkyl halides is 1. The minimum absolute atomic E-state index is 0.233. The molecule has 1 aromatic heterocycles. The summed E-state index contributed by atoms with van der Waals surface area (Å²) in [5.41, 5.74) is 8.17. The SMILES string of the molecule is NC(=O)c1cccc(CCCl)c1-n1nc(-c2ccccc2)c2ccccc2c1=O. The van der Waals surface area contributed by atoms with Gasteiger partial charge in [-0.05, 0) is 24.1 Å². The highest BCUT2D eigenvalue weighted by molar-refractivity contribution is 6.18. The predicted molar refractivity (Wildman–Crippen MR) is 116 cm³/mol. The molecular weight excluding hydrogens is 386 g/mol. The Kier molecular flexibility index (Phi) is 5.14. The first kappa shape index (κ1) is 18.9. The van der Waals surface area contributed by atoms with E-state index in [0.717, 1.165) is 16.5 Å². The second-order valence-corrected chi connectivity index (χ2v) is 6.97. The van der Waals surface area contributed by atoms with Crippen molar-refractivity contribution in [2.45, 2.75) is 6.42 Å². The Morgan fingerprint density at radius 3 is 2.31 bits per heavy atom. The zero-order chi connectivity index (χ0) is 20.4. The van der Waals surface area contributed by atoms with Crippen LogP contribution >= 0.6 is 11.6 Å². The van der Waals surface area contributed by atoms with Crippen molar-refractivity contribution in [2.24, 2.45) is 5.73 Å². The number of primary amides is 1. The van der Waals surface area contributed by atoms with Gasteiger partial charge in [0.1, 0.15) is 0 Å². The highest BCUT2D eigenvalue weighted by atomic mass is 35.5. The Hall–Kier alpha value is -3.44. The first-order valence-corrected chi connectivity index (χ1v) is 9.71. The zero-order valence-corrected chi connectivity index (χ0v) is 16.3. The molecule has 4 aromatic rings. The van der Waals surface area contributed by atoms with Gasteiger partial charge in [0.05, 0.1) is 22.3 Å². The number of halogens is 1. The summed E-state index contributed by atoms with van der Waals surface area (Å²) in [6.07, 6.45) is 0.472. The van der Waals surface area contributed by atoms with E-state index < -0.39 is 5.91 Å². The summed E-state index contributed by atoms with van der Waals surface area (Å²) in [5.74, 6) is -0.289. The second kappa shape index (κ2) is 7.89. The van der Waals surface area contributed by atoms with Gasteiger partial charge < -0.3 is 5.73 Å². The van der Waals surface area contributed by atoms with Crippen molar-refractivity contribution < 1.29 is 4.79 Å². The second-order valence-electron chi connectivity index (χ2n) is 6.59. The minimum Gasteiger partial charge on any atom is -0.366 e. The van der Waals surface area contributed by atoms with Crippen molar-refractivity contribution in [2.75, 3.05) is 5.88 Å². The van der Waals surface area contributed by atoms with Crippen molar-refractivity contribution in [3.05, 3.63) is 94.3 Å². The maximum Gasteiger partial charge on any atom is 0.279 e. The number of aryl methyl sites for hydroxylation is 1. The van der Waals surface area contributed by atoms with E-state index in [4.69, 9.17) is 17.3 Å². The number of carbonyl (C=O) groups is 1. The van der Waals surface area contributed by atoms with E-state index in [1.807, 2.05) is 54.6 Å². The van der Waals surface area contributed by atoms with Crippen LogP contribution in [-0.2, 0) is 6.42 Å². The Balaban J connectivity index is 2.13. The number of rotatable bonds is 5. The number of nitrogens with zero attached hydrogens (tertiary/aromatic N) is 2. The molecule has 0 fully saturated rings. The molecule has 2 N–H and O–H groups in total. The van der Waals surface area contributed by atoms with Gasteiger partial charge in [0.2, 0.25) is 0 Å². The summed E-state index contributed by atoms with van der Waals surface area (Å²) < 4.78 is 1.28. The van der Waals surface area contributed by atoms with E-state index in [1.54, 1.807) is 18.2 Å². The average Bonchev–Trinajstić information content (AvgIpc) is 2.75. The van der Waals surface area contributed by atoms with Crippen LogP contribution < -0.4 is 11.3 Å². The molecule has 1 heterocycles. The fourth-order valence-electron chi connectivity index (χ4n) is 3.49. The third-order valence-electron chi connectivity index (χ3n) is 4.81. The molecule has 0 aliphatic carbocycles. The fraction of sp³-hybridized carbons (Fsp3) is 0.0870. The lowest BCUT2D eigenvalue weighted by atomic mass is 10.0. The summed E-state index contributed by atoms with van der Waals surface area (Å²) in [6, 6.07) is 22.1. The number of carbonyl (C=O) groups excluding carboxylic acids is 1. The first-order valence-electron chi connectivity index (χ1n) is 9.17. The molecule has 144 valence electrons. The Labute approximate surface area is 172 Å². The van der Waals surface area contributed by atoms with Crippen LogP contribution in [0.15, 0.2) is 77.6 Å². The Morgan fingerprint density at radius 2 is 1.62 bits per heavy atom. The van der Waals surface area contributed by atoms with E-state index in [0.29, 0.717) is 29.1 Å². The molecule has 0 atom stereocenters. The molecule has 0 aliphatic rings. The van der Waals surface area contributed by atoms with Gasteiger partial charge in [-0.15, -0.1) is 11.6 Å². The molecule has 4 rings (SSSR count). The van der Waals surface area contributed by atoms with Gasteiger partial charge in [0.15, 0.2) is 0 Å². The van der Waals surface area contributed by atoms with Crippen LogP contribution in [0.25, 0.3) is 27.7 Å². The molecule has 29 heavy (non-hydrogen) atoms. The molecule has 6 heteroatoms. The normalized spacial score (nSPS) is 10.9. The molecule has 0 spiro atoms. The molecule has 0 radical (unpaired) electrons. The number of amides is 1.